The summed E-state index contributed by atoms with van der Waals surface area (Å²) in [6.07, 6.45) is -3.73. The minimum absolute atomic E-state index is 0.0760. The van der Waals surface area contributed by atoms with Gasteiger partial charge in [-0.15, -0.1) is 10.2 Å². The van der Waals surface area contributed by atoms with Crippen LogP contribution in [0.15, 0.2) is 24.3 Å². The summed E-state index contributed by atoms with van der Waals surface area (Å²) < 4.78 is 40.3. The SMILES string of the molecule is Cc1ccc(CNCc2nnc3n2C[C@H](C(F)(F)F)CC3)cc1. The first-order valence-electron chi connectivity index (χ1n) is 7.67. The first kappa shape index (κ1) is 16.0. The first-order chi connectivity index (χ1) is 10.9. The minimum Gasteiger partial charge on any atom is -0.313 e. The lowest BCUT2D eigenvalue weighted by Crippen LogP contribution is -2.33. The Kier molecular flexibility index (Phi) is 4.39. The zero-order chi connectivity index (χ0) is 16.4. The fourth-order valence-corrected chi connectivity index (χ4v) is 2.81. The first-order valence-corrected chi connectivity index (χ1v) is 7.67. The summed E-state index contributed by atoms with van der Waals surface area (Å²) in [6.45, 7) is 3.00. The van der Waals surface area contributed by atoms with Crippen LogP contribution in [0.3, 0.4) is 0 Å². The Labute approximate surface area is 132 Å². The summed E-state index contributed by atoms with van der Waals surface area (Å²) in [5.41, 5.74) is 2.32. The van der Waals surface area contributed by atoms with Crippen molar-refractivity contribution in [2.75, 3.05) is 0 Å². The number of aromatic nitrogens is 3. The van der Waals surface area contributed by atoms with Crippen molar-refractivity contribution < 1.29 is 13.2 Å². The molecule has 1 atom stereocenters. The lowest BCUT2D eigenvalue weighted by Gasteiger charge is -2.26. The van der Waals surface area contributed by atoms with E-state index in [0.29, 0.717) is 31.2 Å². The molecule has 23 heavy (non-hydrogen) atoms. The van der Waals surface area contributed by atoms with Crippen LogP contribution in [-0.4, -0.2) is 20.9 Å². The lowest BCUT2D eigenvalue weighted by molar-refractivity contribution is -0.182. The number of alkyl halides is 3. The molecular weight excluding hydrogens is 305 g/mol. The summed E-state index contributed by atoms with van der Waals surface area (Å²) in [5, 5.41) is 11.3. The molecule has 4 nitrogen and oxygen atoms in total. The van der Waals surface area contributed by atoms with E-state index in [0.717, 1.165) is 5.56 Å². The van der Waals surface area contributed by atoms with E-state index in [1.54, 1.807) is 4.57 Å². The van der Waals surface area contributed by atoms with Gasteiger partial charge in [0, 0.05) is 19.5 Å². The van der Waals surface area contributed by atoms with Crippen LogP contribution < -0.4 is 5.32 Å². The predicted octanol–water partition coefficient (Wildman–Crippen LogP) is 3.00. The van der Waals surface area contributed by atoms with Gasteiger partial charge in [0.2, 0.25) is 0 Å². The molecule has 124 valence electrons. The molecule has 0 aliphatic carbocycles. The van der Waals surface area contributed by atoms with Gasteiger partial charge >= 0.3 is 6.18 Å². The fourth-order valence-electron chi connectivity index (χ4n) is 2.81. The summed E-state index contributed by atoms with van der Waals surface area (Å²) in [5.74, 6) is -0.0828. The zero-order valence-corrected chi connectivity index (χ0v) is 12.9. The maximum absolute atomic E-state index is 12.9. The monoisotopic (exact) mass is 324 g/mol. The molecule has 0 bridgehead atoms. The van der Waals surface area contributed by atoms with Gasteiger partial charge in [0.1, 0.15) is 11.6 Å². The van der Waals surface area contributed by atoms with E-state index in [4.69, 9.17) is 0 Å². The molecule has 1 aromatic heterocycles. The maximum atomic E-state index is 12.9. The highest BCUT2D eigenvalue weighted by atomic mass is 19.4. The number of benzene rings is 1. The number of hydrogen-bond acceptors (Lipinski definition) is 3. The van der Waals surface area contributed by atoms with Gasteiger partial charge in [-0.3, -0.25) is 0 Å². The summed E-state index contributed by atoms with van der Waals surface area (Å²) in [4.78, 5) is 0. The zero-order valence-electron chi connectivity index (χ0n) is 12.9. The van der Waals surface area contributed by atoms with Gasteiger partial charge in [-0.05, 0) is 18.9 Å². The molecule has 0 radical (unpaired) electrons. The highest BCUT2D eigenvalue weighted by molar-refractivity contribution is 5.21. The van der Waals surface area contributed by atoms with Gasteiger partial charge in [-0.2, -0.15) is 13.2 Å². The maximum Gasteiger partial charge on any atom is 0.393 e. The average Bonchev–Trinajstić information content (AvgIpc) is 2.91. The van der Waals surface area contributed by atoms with E-state index in [1.807, 2.05) is 31.2 Å². The third kappa shape index (κ3) is 3.72. The van der Waals surface area contributed by atoms with Crippen LogP contribution in [-0.2, 0) is 26.1 Å². The molecule has 0 unspecified atom stereocenters. The molecular formula is C16H19F3N4. The highest BCUT2D eigenvalue weighted by Gasteiger charge is 2.42. The smallest absolute Gasteiger partial charge is 0.313 e. The molecule has 2 aromatic rings. The van der Waals surface area contributed by atoms with E-state index >= 15 is 0 Å². The Morgan fingerprint density at radius 3 is 2.61 bits per heavy atom. The van der Waals surface area contributed by atoms with Crippen molar-refractivity contribution in [2.45, 2.75) is 45.6 Å². The third-order valence-corrected chi connectivity index (χ3v) is 4.22. The Bertz CT molecular complexity index is 661. The Morgan fingerprint density at radius 1 is 1.17 bits per heavy atom. The number of halogens is 3. The molecule has 1 aromatic carbocycles. The van der Waals surface area contributed by atoms with Gasteiger partial charge in [0.05, 0.1) is 12.5 Å². The van der Waals surface area contributed by atoms with Crippen LogP contribution in [0.5, 0.6) is 0 Å². The standard InChI is InChI=1S/C16H19F3N4/c1-11-2-4-12(5-3-11)8-20-9-15-22-21-14-7-6-13(10-23(14)15)16(17,18)19/h2-5,13,20H,6-10H2,1H3/t13-/m1/s1. The van der Waals surface area contributed by atoms with Crippen molar-refractivity contribution in [1.29, 1.82) is 0 Å². The Morgan fingerprint density at radius 2 is 1.91 bits per heavy atom. The molecule has 7 heteroatoms. The molecule has 0 saturated carbocycles. The van der Waals surface area contributed by atoms with Crippen LogP contribution in [0.2, 0.25) is 0 Å². The van der Waals surface area contributed by atoms with Gasteiger partial charge in [0.15, 0.2) is 0 Å². The van der Waals surface area contributed by atoms with E-state index in [-0.39, 0.29) is 13.0 Å². The molecule has 0 amide bonds. The number of rotatable bonds is 4. The molecule has 1 aliphatic heterocycles. The second kappa shape index (κ2) is 6.31. The fraction of sp³-hybridized carbons (Fsp3) is 0.500. The van der Waals surface area contributed by atoms with Crippen LogP contribution in [0.1, 0.15) is 29.2 Å². The van der Waals surface area contributed by atoms with E-state index in [9.17, 15) is 13.2 Å². The number of nitrogens with one attached hydrogen (secondary N) is 1. The van der Waals surface area contributed by atoms with Gasteiger partial charge in [-0.25, -0.2) is 0 Å². The summed E-state index contributed by atoms with van der Waals surface area (Å²) in [6, 6.07) is 8.12. The highest BCUT2D eigenvalue weighted by Crippen LogP contribution is 2.34. The molecule has 1 N–H and O–H groups in total. The molecule has 2 heterocycles. The van der Waals surface area contributed by atoms with Crippen LogP contribution >= 0.6 is 0 Å². The van der Waals surface area contributed by atoms with Crippen molar-refractivity contribution in [3.63, 3.8) is 0 Å². The minimum atomic E-state index is -4.16. The quantitative estimate of drug-likeness (QED) is 0.940. The van der Waals surface area contributed by atoms with E-state index in [1.165, 1.54) is 5.56 Å². The topological polar surface area (TPSA) is 42.7 Å². The molecule has 3 rings (SSSR count). The summed E-state index contributed by atoms with van der Waals surface area (Å²) >= 11 is 0. The van der Waals surface area contributed by atoms with Crippen molar-refractivity contribution in [3.8, 4) is 0 Å². The van der Waals surface area contributed by atoms with Crippen molar-refractivity contribution in [1.82, 2.24) is 20.1 Å². The number of fused-ring (bicyclic) bond motifs is 1. The lowest BCUT2D eigenvalue weighted by atomic mass is 9.99. The predicted molar refractivity (Wildman–Crippen MR) is 79.6 cm³/mol. The number of aryl methyl sites for hydroxylation is 2. The Balaban J connectivity index is 1.62. The van der Waals surface area contributed by atoms with E-state index in [2.05, 4.69) is 15.5 Å². The van der Waals surface area contributed by atoms with Crippen molar-refractivity contribution in [2.24, 2.45) is 5.92 Å². The number of nitrogens with zero attached hydrogens (tertiary/aromatic N) is 3. The second-order valence-electron chi connectivity index (χ2n) is 6.01. The van der Waals surface area contributed by atoms with Crippen molar-refractivity contribution >= 4 is 0 Å². The van der Waals surface area contributed by atoms with Gasteiger partial charge < -0.3 is 9.88 Å². The average molecular weight is 324 g/mol. The second-order valence-corrected chi connectivity index (χ2v) is 6.01. The van der Waals surface area contributed by atoms with Crippen LogP contribution in [0.4, 0.5) is 13.2 Å². The third-order valence-electron chi connectivity index (χ3n) is 4.22. The van der Waals surface area contributed by atoms with Crippen molar-refractivity contribution in [3.05, 3.63) is 47.0 Å². The molecule has 1 aliphatic rings. The van der Waals surface area contributed by atoms with Crippen LogP contribution in [0.25, 0.3) is 0 Å². The molecule has 0 saturated heterocycles. The summed E-state index contributed by atoms with van der Waals surface area (Å²) in [7, 11) is 0. The molecule has 0 spiro atoms. The molecule has 0 fully saturated rings. The van der Waals surface area contributed by atoms with Crippen LogP contribution in [0, 0.1) is 12.8 Å². The normalized spacial score (nSPS) is 18.0. The van der Waals surface area contributed by atoms with E-state index < -0.39 is 12.1 Å². The largest absolute Gasteiger partial charge is 0.393 e. The Hall–Kier alpha value is -1.89. The number of hydrogen-bond donors (Lipinski definition) is 1. The van der Waals surface area contributed by atoms with Gasteiger partial charge in [0.25, 0.3) is 0 Å². The van der Waals surface area contributed by atoms with Gasteiger partial charge in [-0.1, -0.05) is 29.8 Å².